The monoisotopic (exact) mass is 574 g/mol. The number of methoxy groups -OCH3 is 1. The molecule has 8 nitrogen and oxygen atoms in total. The molecule has 0 saturated carbocycles. The Kier molecular flexibility index (Phi) is 7.97. The van der Waals surface area contributed by atoms with E-state index in [2.05, 4.69) is 15.3 Å². The van der Waals surface area contributed by atoms with Gasteiger partial charge in [0.05, 0.1) is 41.4 Å². The molecule has 2 heterocycles. The summed E-state index contributed by atoms with van der Waals surface area (Å²) in [7, 11) is 1.51. The van der Waals surface area contributed by atoms with Crippen LogP contribution in [0, 0.1) is 11.6 Å². The van der Waals surface area contributed by atoms with E-state index in [1.165, 1.54) is 18.3 Å². The van der Waals surface area contributed by atoms with Crippen molar-refractivity contribution in [2.24, 2.45) is 0 Å². The molecule has 1 aromatic heterocycles. The van der Waals surface area contributed by atoms with Crippen LogP contribution >= 0.6 is 23.2 Å². The Morgan fingerprint density at radius 3 is 2.74 bits per heavy atom. The number of amides is 1. The Hall–Kier alpha value is -3.73. The lowest BCUT2D eigenvalue weighted by molar-refractivity contribution is -0.0404. The van der Waals surface area contributed by atoms with Crippen LogP contribution in [0.4, 0.5) is 20.3 Å². The highest BCUT2D eigenvalue weighted by atomic mass is 35.5. The fourth-order valence-corrected chi connectivity index (χ4v) is 4.46. The van der Waals surface area contributed by atoms with Gasteiger partial charge in [-0.25, -0.2) is 18.7 Å². The van der Waals surface area contributed by atoms with Crippen LogP contribution in [0.2, 0.25) is 10.0 Å². The molecule has 1 amide bonds. The molecule has 3 aromatic carbocycles. The number of aromatic nitrogens is 2. The molecule has 1 saturated heterocycles. The lowest BCUT2D eigenvalue weighted by Gasteiger charge is -2.33. The summed E-state index contributed by atoms with van der Waals surface area (Å²) < 4.78 is 45.0. The molecule has 0 bridgehead atoms. The second kappa shape index (κ2) is 11.6. The van der Waals surface area contributed by atoms with E-state index >= 15 is 0 Å². The number of hydrogen-bond acceptors (Lipinski definition) is 7. The Balaban J connectivity index is 1.31. The quantitative estimate of drug-likeness (QED) is 0.294. The first-order chi connectivity index (χ1) is 18.8. The van der Waals surface area contributed by atoms with Crippen LogP contribution < -0.4 is 14.8 Å². The Bertz CT molecular complexity index is 1540. The molecule has 0 aliphatic carbocycles. The van der Waals surface area contributed by atoms with Gasteiger partial charge in [0.25, 0.3) is 5.91 Å². The number of hydrogen-bond donors (Lipinski definition) is 1. The van der Waals surface area contributed by atoms with E-state index in [1.807, 2.05) is 0 Å². The minimum Gasteiger partial charge on any atom is -0.493 e. The molecule has 1 atom stereocenters. The van der Waals surface area contributed by atoms with E-state index in [0.717, 1.165) is 18.2 Å². The van der Waals surface area contributed by atoms with E-state index in [0.29, 0.717) is 44.0 Å². The molecule has 5 rings (SSSR count). The average molecular weight is 575 g/mol. The maximum Gasteiger partial charge on any atom is 0.257 e. The van der Waals surface area contributed by atoms with Crippen molar-refractivity contribution in [3.05, 3.63) is 82.1 Å². The highest BCUT2D eigenvalue weighted by Crippen LogP contribution is 2.35. The third-order valence-electron chi connectivity index (χ3n) is 6.11. The van der Waals surface area contributed by atoms with Gasteiger partial charge >= 0.3 is 0 Å². The summed E-state index contributed by atoms with van der Waals surface area (Å²) >= 11 is 12.1. The number of rotatable bonds is 7. The van der Waals surface area contributed by atoms with E-state index in [4.69, 9.17) is 37.4 Å². The van der Waals surface area contributed by atoms with Gasteiger partial charge in [-0.05, 0) is 42.5 Å². The van der Waals surface area contributed by atoms with Crippen LogP contribution in [0.5, 0.6) is 11.5 Å². The number of fused-ring (bicyclic) bond motifs is 1. The predicted octanol–water partition coefficient (Wildman–Crippen LogP) is 5.89. The molecular weight excluding hydrogens is 553 g/mol. The predicted molar refractivity (Wildman–Crippen MR) is 143 cm³/mol. The first-order valence-electron chi connectivity index (χ1n) is 11.9. The molecule has 12 heteroatoms. The SMILES string of the molecule is COc1cc2c(Nc3ccc(Cl)c(Cl)c3)ncnc2cc1OCC1CN(C(=O)c2cc(F)ccc2F)CCO1. The molecule has 1 N–H and O–H groups in total. The van der Waals surface area contributed by atoms with E-state index in [-0.39, 0.29) is 31.9 Å². The second-order valence-corrected chi connectivity index (χ2v) is 9.49. The maximum absolute atomic E-state index is 14.1. The molecule has 1 aliphatic heterocycles. The van der Waals surface area contributed by atoms with E-state index in [9.17, 15) is 13.6 Å². The Morgan fingerprint density at radius 2 is 1.95 bits per heavy atom. The molecule has 0 spiro atoms. The smallest absolute Gasteiger partial charge is 0.257 e. The third-order valence-corrected chi connectivity index (χ3v) is 6.85. The lowest BCUT2D eigenvalue weighted by Crippen LogP contribution is -2.47. The highest BCUT2D eigenvalue weighted by Gasteiger charge is 2.28. The largest absolute Gasteiger partial charge is 0.493 e. The normalized spacial score (nSPS) is 15.3. The molecule has 1 unspecified atom stereocenters. The molecular formula is C27H22Cl2F2N4O4. The van der Waals surface area contributed by atoms with Gasteiger partial charge in [-0.1, -0.05) is 23.2 Å². The first kappa shape index (κ1) is 26.9. The van der Waals surface area contributed by atoms with Crippen LogP contribution in [-0.4, -0.2) is 60.3 Å². The van der Waals surface area contributed by atoms with Gasteiger partial charge < -0.3 is 24.4 Å². The second-order valence-electron chi connectivity index (χ2n) is 8.68. The number of nitrogens with zero attached hydrogens (tertiary/aromatic N) is 3. The van der Waals surface area contributed by atoms with Crippen molar-refractivity contribution in [3.8, 4) is 11.5 Å². The van der Waals surface area contributed by atoms with Gasteiger partial charge in [0, 0.05) is 23.7 Å². The number of ether oxygens (including phenoxy) is 3. The van der Waals surface area contributed by atoms with E-state index < -0.39 is 23.6 Å². The van der Waals surface area contributed by atoms with Gasteiger partial charge in [0.1, 0.15) is 36.5 Å². The van der Waals surface area contributed by atoms with Crippen molar-refractivity contribution in [2.45, 2.75) is 6.10 Å². The number of nitrogens with one attached hydrogen (secondary N) is 1. The summed E-state index contributed by atoms with van der Waals surface area (Å²) in [6.45, 7) is 0.694. The fraction of sp³-hybridized carbons (Fsp3) is 0.222. The van der Waals surface area contributed by atoms with Crippen LogP contribution in [-0.2, 0) is 4.74 Å². The zero-order valence-electron chi connectivity index (χ0n) is 20.6. The van der Waals surface area contributed by atoms with Crippen LogP contribution in [0.25, 0.3) is 10.9 Å². The molecule has 4 aromatic rings. The zero-order chi connectivity index (χ0) is 27.5. The number of carbonyl (C=O) groups excluding carboxylic acids is 1. The van der Waals surface area contributed by atoms with E-state index in [1.54, 1.807) is 30.3 Å². The summed E-state index contributed by atoms with van der Waals surface area (Å²) in [5.41, 5.74) is 0.958. The van der Waals surface area contributed by atoms with Crippen LogP contribution in [0.3, 0.4) is 0 Å². The third kappa shape index (κ3) is 5.98. The number of halogens is 4. The fourth-order valence-electron chi connectivity index (χ4n) is 4.17. The minimum atomic E-state index is -0.781. The summed E-state index contributed by atoms with van der Waals surface area (Å²) in [5, 5.41) is 4.73. The summed E-state index contributed by atoms with van der Waals surface area (Å²) in [4.78, 5) is 22.9. The lowest BCUT2D eigenvalue weighted by atomic mass is 10.1. The van der Waals surface area contributed by atoms with Gasteiger partial charge in [0.2, 0.25) is 0 Å². The zero-order valence-corrected chi connectivity index (χ0v) is 22.1. The first-order valence-corrected chi connectivity index (χ1v) is 12.6. The van der Waals surface area contributed by atoms with Crippen molar-refractivity contribution in [3.63, 3.8) is 0 Å². The van der Waals surface area contributed by atoms with Gasteiger partial charge in [0.15, 0.2) is 11.5 Å². The molecule has 1 aliphatic rings. The van der Waals surface area contributed by atoms with Crippen LogP contribution in [0.15, 0.2) is 54.9 Å². The van der Waals surface area contributed by atoms with Crippen molar-refractivity contribution >= 4 is 51.5 Å². The summed E-state index contributed by atoms with van der Waals surface area (Å²) in [5.74, 6) is -0.709. The summed E-state index contributed by atoms with van der Waals surface area (Å²) in [6, 6.07) is 11.4. The van der Waals surface area contributed by atoms with Crippen molar-refractivity contribution in [1.82, 2.24) is 14.9 Å². The molecule has 39 heavy (non-hydrogen) atoms. The topological polar surface area (TPSA) is 85.8 Å². The number of anilines is 2. The minimum absolute atomic E-state index is 0.0801. The van der Waals surface area contributed by atoms with Gasteiger partial charge in [-0.2, -0.15) is 0 Å². The molecule has 1 fully saturated rings. The van der Waals surface area contributed by atoms with Gasteiger partial charge in [-0.15, -0.1) is 0 Å². The number of carbonyl (C=O) groups is 1. The van der Waals surface area contributed by atoms with Crippen LogP contribution in [0.1, 0.15) is 10.4 Å². The van der Waals surface area contributed by atoms with Crippen molar-refractivity contribution in [1.29, 1.82) is 0 Å². The van der Waals surface area contributed by atoms with Crippen molar-refractivity contribution in [2.75, 3.05) is 38.7 Å². The van der Waals surface area contributed by atoms with Crippen molar-refractivity contribution < 1.29 is 27.8 Å². The highest BCUT2D eigenvalue weighted by molar-refractivity contribution is 6.42. The average Bonchev–Trinajstić information content (AvgIpc) is 2.94. The molecule has 0 radical (unpaired) electrons. The van der Waals surface area contributed by atoms with Gasteiger partial charge in [-0.3, -0.25) is 4.79 Å². The maximum atomic E-state index is 14.1. The number of benzene rings is 3. The standard InChI is InChI=1S/C27H22Cl2F2N4O4/c1-37-24-10-19-23(32-14-33-26(19)34-16-3-4-20(28)21(29)9-16)11-25(24)39-13-17-12-35(6-7-38-17)27(36)18-8-15(30)2-5-22(18)31/h2-5,8-11,14,17H,6-7,12-13H2,1H3,(H,32,33,34). The Labute approximate surface area is 232 Å². The Morgan fingerprint density at radius 1 is 1.10 bits per heavy atom. The number of morpholine rings is 1. The molecule has 202 valence electrons. The summed E-state index contributed by atoms with van der Waals surface area (Å²) in [6.07, 6.45) is 0.912.